The molecule has 16 heavy (non-hydrogen) atoms. The summed E-state index contributed by atoms with van der Waals surface area (Å²) in [5.41, 5.74) is 0.992. The van der Waals surface area contributed by atoms with Gasteiger partial charge in [0.05, 0.1) is 17.2 Å². The van der Waals surface area contributed by atoms with Gasteiger partial charge in [0, 0.05) is 11.3 Å². The van der Waals surface area contributed by atoms with Crippen molar-refractivity contribution in [2.24, 2.45) is 0 Å². The average Bonchev–Trinajstić information content (AvgIpc) is 2.83. The molecule has 2 heterocycles. The van der Waals surface area contributed by atoms with E-state index in [4.69, 9.17) is 4.42 Å². The zero-order valence-corrected chi connectivity index (χ0v) is 10.3. The lowest BCUT2D eigenvalue weighted by molar-refractivity contribution is 0.480. The fourth-order valence-electron chi connectivity index (χ4n) is 1.19. The normalized spacial score (nSPS) is 11.0. The lowest BCUT2D eigenvalue weighted by Crippen LogP contribution is -1.99. The lowest BCUT2D eigenvalue weighted by atomic mass is 10.2. The molecule has 0 aromatic carbocycles. The van der Waals surface area contributed by atoms with Gasteiger partial charge in [-0.1, -0.05) is 18.9 Å². The lowest BCUT2D eigenvalue weighted by Gasteiger charge is -1.97. The number of nitrogens with zero attached hydrogens (tertiary/aromatic N) is 3. The van der Waals surface area contributed by atoms with E-state index >= 15 is 0 Å². The highest BCUT2D eigenvalue weighted by molar-refractivity contribution is 7.09. The second kappa shape index (κ2) is 4.61. The minimum atomic E-state index is 0.254. The first-order chi connectivity index (χ1) is 7.65. The van der Waals surface area contributed by atoms with Crippen LogP contribution in [0.1, 0.15) is 36.4 Å². The number of aromatic nitrogens is 3. The van der Waals surface area contributed by atoms with Gasteiger partial charge in [0.15, 0.2) is 0 Å². The van der Waals surface area contributed by atoms with Crippen molar-refractivity contribution >= 4 is 17.4 Å². The van der Waals surface area contributed by atoms with E-state index in [2.05, 4.69) is 20.5 Å². The molecule has 0 bridgehead atoms. The highest BCUT2D eigenvalue weighted by Crippen LogP contribution is 2.15. The minimum absolute atomic E-state index is 0.254. The fourth-order valence-corrected chi connectivity index (χ4v) is 1.81. The van der Waals surface area contributed by atoms with E-state index in [1.54, 1.807) is 11.3 Å². The molecule has 0 saturated carbocycles. The molecular weight excluding hydrogens is 224 g/mol. The van der Waals surface area contributed by atoms with E-state index in [0.717, 1.165) is 10.7 Å². The molecule has 0 aliphatic heterocycles. The molecule has 0 saturated heterocycles. The number of nitrogens with one attached hydrogen (secondary N) is 1. The van der Waals surface area contributed by atoms with E-state index in [0.29, 0.717) is 18.5 Å². The molecule has 0 amide bonds. The third-order valence-electron chi connectivity index (χ3n) is 2.02. The predicted octanol–water partition coefficient (Wildman–Crippen LogP) is 2.57. The first-order valence-electron chi connectivity index (χ1n) is 5.13. The second-order valence-electron chi connectivity index (χ2n) is 3.81. The summed E-state index contributed by atoms with van der Waals surface area (Å²) < 4.78 is 5.42. The van der Waals surface area contributed by atoms with Gasteiger partial charge in [-0.25, -0.2) is 4.98 Å². The van der Waals surface area contributed by atoms with Crippen molar-refractivity contribution < 1.29 is 4.42 Å². The quantitative estimate of drug-likeness (QED) is 0.886. The molecule has 2 aromatic heterocycles. The largest absolute Gasteiger partial charge is 0.408 e. The molecule has 6 heteroatoms. The zero-order chi connectivity index (χ0) is 11.5. The highest BCUT2D eigenvalue weighted by Gasteiger charge is 2.09. The van der Waals surface area contributed by atoms with Gasteiger partial charge in [-0.05, 0) is 6.92 Å². The molecule has 1 N–H and O–H groups in total. The van der Waals surface area contributed by atoms with E-state index in [1.165, 1.54) is 0 Å². The van der Waals surface area contributed by atoms with Crippen LogP contribution in [0.2, 0.25) is 0 Å². The minimum Gasteiger partial charge on any atom is -0.408 e. The summed E-state index contributed by atoms with van der Waals surface area (Å²) in [5, 5.41) is 14.0. The van der Waals surface area contributed by atoms with E-state index < -0.39 is 0 Å². The highest BCUT2D eigenvalue weighted by atomic mass is 32.1. The smallest absolute Gasteiger partial charge is 0.315 e. The van der Waals surface area contributed by atoms with Crippen LogP contribution >= 0.6 is 11.3 Å². The standard InChI is InChI=1S/C10H14N4OS/c1-6(2)9-13-14-10(15-9)11-4-8-5-16-7(3)12-8/h5-6H,4H2,1-3H3,(H,11,14). The Morgan fingerprint density at radius 1 is 1.44 bits per heavy atom. The molecule has 0 radical (unpaired) electrons. The molecular formula is C10H14N4OS. The third-order valence-corrected chi connectivity index (χ3v) is 2.84. The second-order valence-corrected chi connectivity index (χ2v) is 4.87. The van der Waals surface area contributed by atoms with Crippen molar-refractivity contribution in [1.82, 2.24) is 15.2 Å². The van der Waals surface area contributed by atoms with Crippen LogP contribution in [-0.4, -0.2) is 15.2 Å². The molecule has 0 spiro atoms. The predicted molar refractivity (Wildman–Crippen MR) is 62.6 cm³/mol. The van der Waals surface area contributed by atoms with Gasteiger partial charge in [-0.3, -0.25) is 0 Å². The van der Waals surface area contributed by atoms with Crippen LogP contribution in [0, 0.1) is 6.92 Å². The number of hydrogen-bond acceptors (Lipinski definition) is 6. The molecule has 86 valence electrons. The molecule has 2 aromatic rings. The summed E-state index contributed by atoms with van der Waals surface area (Å²) in [7, 11) is 0. The number of anilines is 1. The molecule has 0 aliphatic carbocycles. The van der Waals surface area contributed by atoms with Gasteiger partial charge in [0.25, 0.3) is 0 Å². The Hall–Kier alpha value is -1.43. The number of hydrogen-bond donors (Lipinski definition) is 1. The van der Waals surface area contributed by atoms with E-state index in [1.807, 2.05) is 26.2 Å². The van der Waals surface area contributed by atoms with Gasteiger partial charge in [0.1, 0.15) is 0 Å². The van der Waals surface area contributed by atoms with Crippen LogP contribution in [0.5, 0.6) is 0 Å². The SMILES string of the molecule is Cc1nc(CNc2nnc(C(C)C)o2)cs1. The van der Waals surface area contributed by atoms with Gasteiger partial charge < -0.3 is 9.73 Å². The number of aryl methyl sites for hydroxylation is 1. The van der Waals surface area contributed by atoms with Gasteiger partial charge in [-0.15, -0.1) is 16.4 Å². The maximum Gasteiger partial charge on any atom is 0.315 e. The zero-order valence-electron chi connectivity index (χ0n) is 9.52. The monoisotopic (exact) mass is 238 g/mol. The summed E-state index contributed by atoms with van der Waals surface area (Å²) in [6.07, 6.45) is 0. The first kappa shape index (κ1) is 11.1. The topological polar surface area (TPSA) is 63.8 Å². The Kier molecular flexibility index (Phi) is 3.19. The van der Waals surface area contributed by atoms with Crippen molar-refractivity contribution in [3.05, 3.63) is 22.0 Å². The van der Waals surface area contributed by atoms with Crippen molar-refractivity contribution in [2.45, 2.75) is 33.2 Å². The average molecular weight is 238 g/mol. The maximum atomic E-state index is 5.42. The van der Waals surface area contributed by atoms with Gasteiger partial charge >= 0.3 is 6.01 Å². The van der Waals surface area contributed by atoms with Crippen molar-refractivity contribution in [3.63, 3.8) is 0 Å². The summed E-state index contributed by atoms with van der Waals surface area (Å²) in [6, 6.07) is 0.453. The Labute approximate surface area is 97.9 Å². The van der Waals surface area contributed by atoms with Gasteiger partial charge in [0.2, 0.25) is 5.89 Å². The fraction of sp³-hybridized carbons (Fsp3) is 0.500. The molecule has 0 unspecified atom stereocenters. The Bertz CT molecular complexity index is 463. The van der Waals surface area contributed by atoms with Gasteiger partial charge in [-0.2, -0.15) is 0 Å². The molecule has 0 fully saturated rings. The Morgan fingerprint density at radius 2 is 2.25 bits per heavy atom. The Balaban J connectivity index is 1.94. The van der Waals surface area contributed by atoms with Crippen LogP contribution in [0.3, 0.4) is 0 Å². The summed E-state index contributed by atoms with van der Waals surface area (Å²) in [5.74, 6) is 0.904. The van der Waals surface area contributed by atoms with E-state index in [-0.39, 0.29) is 5.92 Å². The molecule has 0 aliphatic rings. The maximum absolute atomic E-state index is 5.42. The number of rotatable bonds is 4. The van der Waals surface area contributed by atoms with Crippen LogP contribution < -0.4 is 5.32 Å². The van der Waals surface area contributed by atoms with Crippen LogP contribution in [-0.2, 0) is 6.54 Å². The van der Waals surface area contributed by atoms with Crippen molar-refractivity contribution in [2.75, 3.05) is 5.32 Å². The van der Waals surface area contributed by atoms with Crippen LogP contribution in [0.25, 0.3) is 0 Å². The summed E-state index contributed by atoms with van der Waals surface area (Å²) in [4.78, 5) is 4.33. The van der Waals surface area contributed by atoms with Crippen molar-refractivity contribution in [3.8, 4) is 0 Å². The summed E-state index contributed by atoms with van der Waals surface area (Å²) in [6.45, 7) is 6.63. The first-order valence-corrected chi connectivity index (χ1v) is 6.01. The molecule has 0 atom stereocenters. The Morgan fingerprint density at radius 3 is 2.81 bits per heavy atom. The number of thiazole rings is 1. The summed E-state index contributed by atoms with van der Waals surface area (Å²) >= 11 is 1.63. The van der Waals surface area contributed by atoms with Crippen LogP contribution in [0.4, 0.5) is 6.01 Å². The van der Waals surface area contributed by atoms with E-state index in [9.17, 15) is 0 Å². The van der Waals surface area contributed by atoms with Crippen LogP contribution in [0.15, 0.2) is 9.80 Å². The van der Waals surface area contributed by atoms with Crippen molar-refractivity contribution in [1.29, 1.82) is 0 Å². The molecule has 5 nitrogen and oxygen atoms in total. The molecule has 2 rings (SSSR count). The third kappa shape index (κ3) is 2.57.